The van der Waals surface area contributed by atoms with Crippen molar-refractivity contribution in [3.63, 3.8) is 0 Å². The van der Waals surface area contributed by atoms with Gasteiger partial charge < -0.3 is 10.4 Å². The molecule has 0 saturated heterocycles. The molecule has 2 unspecified atom stereocenters. The molecule has 1 rings (SSSR count). The van der Waals surface area contributed by atoms with Crippen LogP contribution in [0.2, 0.25) is 0 Å². The highest BCUT2D eigenvalue weighted by atomic mass is 79.9. The Kier molecular flexibility index (Phi) is 6.16. The van der Waals surface area contributed by atoms with Crippen LogP contribution in [0.25, 0.3) is 0 Å². The van der Waals surface area contributed by atoms with E-state index in [4.69, 9.17) is 0 Å². The van der Waals surface area contributed by atoms with Crippen molar-refractivity contribution < 1.29 is 9.32 Å². The van der Waals surface area contributed by atoms with Crippen LogP contribution in [0.15, 0.2) is 22.7 Å². The number of aromatic hydroxyl groups is 1. The lowest BCUT2D eigenvalue weighted by atomic mass is 10.2. The van der Waals surface area contributed by atoms with Crippen LogP contribution < -0.4 is 5.32 Å². The first kappa shape index (κ1) is 14.7. The first-order valence-electron chi connectivity index (χ1n) is 5.50. The van der Waals surface area contributed by atoms with Crippen LogP contribution in [0.5, 0.6) is 5.75 Å². The molecule has 0 amide bonds. The van der Waals surface area contributed by atoms with Gasteiger partial charge in [0, 0.05) is 45.4 Å². The van der Waals surface area contributed by atoms with Crippen molar-refractivity contribution in [3.8, 4) is 5.75 Å². The topological polar surface area (TPSA) is 49.3 Å². The summed E-state index contributed by atoms with van der Waals surface area (Å²) in [7, 11) is -0.739. The van der Waals surface area contributed by atoms with Gasteiger partial charge in [-0.2, -0.15) is 0 Å². The Morgan fingerprint density at radius 3 is 2.88 bits per heavy atom. The normalized spacial score (nSPS) is 14.5. The number of hydrogen-bond acceptors (Lipinski definition) is 3. The molecule has 2 atom stereocenters. The molecule has 1 aromatic carbocycles. The molecule has 17 heavy (non-hydrogen) atoms. The summed E-state index contributed by atoms with van der Waals surface area (Å²) in [4.78, 5) is 0. The van der Waals surface area contributed by atoms with Crippen molar-refractivity contribution in [2.75, 3.05) is 12.0 Å². The molecule has 3 nitrogen and oxygen atoms in total. The quantitative estimate of drug-likeness (QED) is 0.846. The van der Waals surface area contributed by atoms with E-state index in [0.717, 1.165) is 16.5 Å². The maximum atomic E-state index is 11.0. The van der Waals surface area contributed by atoms with E-state index in [1.807, 2.05) is 12.1 Å². The Bertz CT molecular complexity index is 398. The average molecular weight is 320 g/mol. The Morgan fingerprint density at radius 2 is 2.24 bits per heavy atom. The van der Waals surface area contributed by atoms with Crippen molar-refractivity contribution in [1.29, 1.82) is 0 Å². The van der Waals surface area contributed by atoms with Gasteiger partial charge in [-0.1, -0.05) is 15.9 Å². The molecule has 5 heteroatoms. The van der Waals surface area contributed by atoms with Crippen molar-refractivity contribution in [3.05, 3.63) is 28.2 Å². The fraction of sp³-hybridized carbons (Fsp3) is 0.500. The molecule has 1 aromatic rings. The Labute approximate surface area is 113 Å². The van der Waals surface area contributed by atoms with Gasteiger partial charge in [-0.15, -0.1) is 0 Å². The number of halogens is 1. The molecule has 0 radical (unpaired) electrons. The van der Waals surface area contributed by atoms with Crippen molar-refractivity contribution in [2.45, 2.75) is 25.9 Å². The van der Waals surface area contributed by atoms with E-state index in [0.29, 0.717) is 18.0 Å². The van der Waals surface area contributed by atoms with Gasteiger partial charge in [0.25, 0.3) is 0 Å². The summed E-state index contributed by atoms with van der Waals surface area (Å²) in [5, 5.41) is 13.0. The average Bonchev–Trinajstić information content (AvgIpc) is 2.27. The van der Waals surface area contributed by atoms with Gasteiger partial charge in [0.2, 0.25) is 0 Å². The molecule has 0 aliphatic rings. The van der Waals surface area contributed by atoms with Gasteiger partial charge in [-0.3, -0.25) is 4.21 Å². The van der Waals surface area contributed by atoms with Crippen LogP contribution in [0.1, 0.15) is 18.9 Å². The SMILES string of the molecule is CC(CCS(C)=O)NCc1cc(Br)ccc1O. The van der Waals surface area contributed by atoms with Crippen LogP contribution in [0.4, 0.5) is 0 Å². The number of phenolic OH excluding ortho intramolecular Hbond substituents is 1. The molecule has 0 bridgehead atoms. The highest BCUT2D eigenvalue weighted by Crippen LogP contribution is 2.21. The predicted molar refractivity (Wildman–Crippen MR) is 75.7 cm³/mol. The van der Waals surface area contributed by atoms with Crippen LogP contribution in [-0.4, -0.2) is 27.4 Å². The van der Waals surface area contributed by atoms with E-state index in [2.05, 4.69) is 28.2 Å². The third-order valence-corrected chi connectivity index (χ3v) is 3.82. The van der Waals surface area contributed by atoms with Crippen LogP contribution in [0.3, 0.4) is 0 Å². The monoisotopic (exact) mass is 319 g/mol. The lowest BCUT2D eigenvalue weighted by Crippen LogP contribution is -2.27. The van der Waals surface area contributed by atoms with E-state index in [9.17, 15) is 9.32 Å². The van der Waals surface area contributed by atoms with Crippen LogP contribution in [-0.2, 0) is 17.3 Å². The molecule has 96 valence electrons. The summed E-state index contributed by atoms with van der Waals surface area (Å²) in [6.45, 7) is 2.67. The summed E-state index contributed by atoms with van der Waals surface area (Å²) in [5.74, 6) is 1.01. The van der Waals surface area contributed by atoms with E-state index < -0.39 is 10.8 Å². The second-order valence-electron chi connectivity index (χ2n) is 4.12. The fourth-order valence-electron chi connectivity index (χ4n) is 1.42. The molecule has 0 aliphatic carbocycles. The van der Waals surface area contributed by atoms with E-state index >= 15 is 0 Å². The predicted octanol–water partition coefficient (Wildman–Crippen LogP) is 2.40. The Balaban J connectivity index is 2.44. The summed E-state index contributed by atoms with van der Waals surface area (Å²) in [5.41, 5.74) is 0.865. The number of phenols is 1. The molecule has 0 aliphatic heterocycles. The van der Waals surface area contributed by atoms with Crippen molar-refractivity contribution in [2.24, 2.45) is 0 Å². The van der Waals surface area contributed by atoms with Gasteiger partial charge in [0.05, 0.1) is 0 Å². The van der Waals surface area contributed by atoms with E-state index in [1.54, 1.807) is 12.3 Å². The lowest BCUT2D eigenvalue weighted by Gasteiger charge is -2.14. The van der Waals surface area contributed by atoms with Gasteiger partial charge in [0.1, 0.15) is 5.75 Å². The largest absolute Gasteiger partial charge is 0.508 e. The molecule has 0 spiro atoms. The number of benzene rings is 1. The van der Waals surface area contributed by atoms with Crippen molar-refractivity contribution in [1.82, 2.24) is 5.32 Å². The van der Waals surface area contributed by atoms with Gasteiger partial charge >= 0.3 is 0 Å². The highest BCUT2D eigenvalue weighted by Gasteiger charge is 2.06. The lowest BCUT2D eigenvalue weighted by molar-refractivity contribution is 0.457. The molecule has 0 aromatic heterocycles. The van der Waals surface area contributed by atoms with Crippen molar-refractivity contribution >= 4 is 26.7 Å². The number of nitrogens with one attached hydrogen (secondary N) is 1. The van der Waals surface area contributed by atoms with Gasteiger partial charge in [0.15, 0.2) is 0 Å². The zero-order valence-corrected chi connectivity index (χ0v) is 12.5. The molecule has 0 fully saturated rings. The second kappa shape index (κ2) is 7.13. The maximum absolute atomic E-state index is 11.0. The van der Waals surface area contributed by atoms with Crippen LogP contribution >= 0.6 is 15.9 Å². The minimum atomic E-state index is -0.739. The Hall–Kier alpha value is -0.390. The Morgan fingerprint density at radius 1 is 1.53 bits per heavy atom. The van der Waals surface area contributed by atoms with E-state index in [-0.39, 0.29) is 6.04 Å². The molecule has 2 N–H and O–H groups in total. The minimum absolute atomic E-state index is 0.289. The molecular weight excluding hydrogens is 302 g/mol. The second-order valence-corrected chi connectivity index (χ2v) is 6.59. The third kappa shape index (κ3) is 5.66. The van der Waals surface area contributed by atoms with Gasteiger partial charge in [-0.05, 0) is 31.5 Å². The smallest absolute Gasteiger partial charge is 0.120 e. The molecule has 0 heterocycles. The summed E-state index contributed by atoms with van der Waals surface area (Å²) >= 11 is 3.37. The number of rotatable bonds is 6. The summed E-state index contributed by atoms with van der Waals surface area (Å²) < 4.78 is 11.9. The first-order valence-corrected chi connectivity index (χ1v) is 8.02. The third-order valence-electron chi connectivity index (χ3n) is 2.52. The zero-order chi connectivity index (χ0) is 12.8. The standard InChI is InChI=1S/C12H18BrNO2S/c1-9(5-6-17(2)16)14-8-10-7-11(13)3-4-12(10)15/h3-4,7,9,14-15H,5-6,8H2,1-2H3. The minimum Gasteiger partial charge on any atom is -0.508 e. The van der Waals surface area contributed by atoms with Gasteiger partial charge in [-0.25, -0.2) is 0 Å². The fourth-order valence-corrected chi connectivity index (χ4v) is 2.52. The first-order chi connectivity index (χ1) is 7.99. The molecular formula is C12H18BrNO2S. The summed E-state index contributed by atoms with van der Waals surface area (Å²) in [6.07, 6.45) is 2.59. The molecule has 0 saturated carbocycles. The maximum Gasteiger partial charge on any atom is 0.120 e. The van der Waals surface area contributed by atoms with E-state index in [1.165, 1.54) is 0 Å². The zero-order valence-electron chi connectivity index (χ0n) is 10.1. The number of hydrogen-bond donors (Lipinski definition) is 2. The van der Waals surface area contributed by atoms with Crippen LogP contribution in [0, 0.1) is 0 Å². The highest BCUT2D eigenvalue weighted by molar-refractivity contribution is 9.10. The summed E-state index contributed by atoms with van der Waals surface area (Å²) in [6, 6.07) is 5.67.